The number of amides is 1. The number of hydrogen-bond acceptors (Lipinski definition) is 3. The van der Waals surface area contributed by atoms with Crippen LogP contribution in [0.3, 0.4) is 0 Å². The molecule has 0 aliphatic rings. The van der Waals surface area contributed by atoms with E-state index in [4.69, 9.17) is 17.3 Å². The normalized spacial score (nSPS) is 11.6. The summed E-state index contributed by atoms with van der Waals surface area (Å²) >= 11 is 7.52. The maximum absolute atomic E-state index is 12.2. The number of nitrogens with one attached hydrogen (secondary N) is 1. The molecule has 1 amide bonds. The van der Waals surface area contributed by atoms with Gasteiger partial charge in [-0.1, -0.05) is 30.7 Å². The zero-order valence-electron chi connectivity index (χ0n) is 12.6. The summed E-state index contributed by atoms with van der Waals surface area (Å²) in [5.74, 6) is 0.235. The van der Waals surface area contributed by atoms with E-state index in [9.17, 15) is 4.79 Å². The van der Waals surface area contributed by atoms with Crippen LogP contribution in [0.1, 0.15) is 22.2 Å². The van der Waals surface area contributed by atoms with Gasteiger partial charge in [0.05, 0.1) is 4.88 Å². The molecule has 1 aromatic carbocycles. The fourth-order valence-electron chi connectivity index (χ4n) is 1.95. The third-order valence-corrected chi connectivity index (χ3v) is 4.76. The smallest absolute Gasteiger partial charge is 0.261 e. The van der Waals surface area contributed by atoms with Crippen LogP contribution in [0.5, 0.6) is 0 Å². The molecule has 0 radical (unpaired) electrons. The van der Waals surface area contributed by atoms with Gasteiger partial charge in [-0.25, -0.2) is 0 Å². The predicted octanol–water partition coefficient (Wildman–Crippen LogP) is 4.12. The summed E-state index contributed by atoms with van der Waals surface area (Å²) < 4.78 is 0. The van der Waals surface area contributed by atoms with Gasteiger partial charge in [-0.05, 0) is 48.7 Å². The second kappa shape index (κ2) is 8.53. The van der Waals surface area contributed by atoms with Crippen molar-refractivity contribution in [2.45, 2.75) is 13.8 Å². The Bertz CT molecular complexity index is 643. The van der Waals surface area contributed by atoms with Crippen LogP contribution in [0.4, 0.5) is 0 Å². The van der Waals surface area contributed by atoms with Crippen molar-refractivity contribution in [1.82, 2.24) is 5.32 Å². The number of aryl methyl sites for hydroxylation is 1. The van der Waals surface area contributed by atoms with Crippen LogP contribution in [-0.4, -0.2) is 19.0 Å². The van der Waals surface area contributed by atoms with Crippen molar-refractivity contribution in [3.63, 3.8) is 0 Å². The van der Waals surface area contributed by atoms with Crippen molar-refractivity contribution >= 4 is 41.3 Å². The number of halogens is 2. The van der Waals surface area contributed by atoms with E-state index < -0.39 is 0 Å². The number of benzene rings is 1. The monoisotopic (exact) mass is 358 g/mol. The van der Waals surface area contributed by atoms with E-state index in [1.807, 2.05) is 44.2 Å². The van der Waals surface area contributed by atoms with Crippen molar-refractivity contribution in [3.05, 3.63) is 45.8 Å². The van der Waals surface area contributed by atoms with Crippen LogP contribution in [0.2, 0.25) is 5.02 Å². The largest absolute Gasteiger partial charge is 0.351 e. The Morgan fingerprint density at radius 1 is 1.41 bits per heavy atom. The molecule has 2 aromatic rings. The lowest BCUT2D eigenvalue weighted by Crippen LogP contribution is -2.30. The van der Waals surface area contributed by atoms with E-state index in [2.05, 4.69) is 5.32 Å². The van der Waals surface area contributed by atoms with Gasteiger partial charge in [0.2, 0.25) is 0 Å². The number of thiophene rings is 1. The van der Waals surface area contributed by atoms with Crippen LogP contribution < -0.4 is 11.1 Å². The summed E-state index contributed by atoms with van der Waals surface area (Å²) in [4.78, 5) is 14.0. The van der Waals surface area contributed by atoms with Crippen LogP contribution in [-0.2, 0) is 0 Å². The SMILES string of the molecule is Cc1cc(C(=O)NCC(C)CN)sc1-c1cccc(Cl)c1.Cl. The summed E-state index contributed by atoms with van der Waals surface area (Å²) in [6.45, 7) is 5.18. The zero-order valence-corrected chi connectivity index (χ0v) is 14.9. The van der Waals surface area contributed by atoms with Crippen molar-refractivity contribution < 1.29 is 4.79 Å². The topological polar surface area (TPSA) is 55.1 Å². The van der Waals surface area contributed by atoms with Crippen LogP contribution in [0.25, 0.3) is 10.4 Å². The lowest BCUT2D eigenvalue weighted by Gasteiger charge is -2.08. The molecule has 1 aromatic heterocycles. The molecule has 0 fully saturated rings. The molecule has 3 nitrogen and oxygen atoms in total. The molecule has 0 saturated heterocycles. The molecule has 1 unspecified atom stereocenters. The second-order valence-corrected chi connectivity index (χ2v) is 6.67. The summed E-state index contributed by atoms with van der Waals surface area (Å²) in [6.07, 6.45) is 0. The van der Waals surface area contributed by atoms with Crippen molar-refractivity contribution in [3.8, 4) is 10.4 Å². The highest BCUT2D eigenvalue weighted by Gasteiger charge is 2.14. The first kappa shape index (κ1) is 19.0. The Morgan fingerprint density at radius 2 is 2.14 bits per heavy atom. The standard InChI is InChI=1S/C16H19ClN2OS.ClH/c1-10(8-18)9-19-16(20)14-6-11(2)15(21-14)12-4-3-5-13(17)7-12;/h3-7,10H,8-9,18H2,1-2H3,(H,19,20);1H. The quantitative estimate of drug-likeness (QED) is 0.844. The van der Waals surface area contributed by atoms with E-state index in [0.717, 1.165) is 16.0 Å². The van der Waals surface area contributed by atoms with Gasteiger partial charge in [0, 0.05) is 16.4 Å². The highest BCUT2D eigenvalue weighted by molar-refractivity contribution is 7.17. The van der Waals surface area contributed by atoms with Gasteiger partial charge in [-0.3, -0.25) is 4.79 Å². The summed E-state index contributed by atoms with van der Waals surface area (Å²) in [5, 5.41) is 3.62. The van der Waals surface area contributed by atoms with Crippen LogP contribution >= 0.6 is 35.3 Å². The maximum Gasteiger partial charge on any atom is 0.261 e. The van der Waals surface area contributed by atoms with Crippen molar-refractivity contribution in [2.24, 2.45) is 11.7 Å². The Balaban J connectivity index is 0.00000242. The van der Waals surface area contributed by atoms with Gasteiger partial charge >= 0.3 is 0 Å². The minimum atomic E-state index is -0.0447. The van der Waals surface area contributed by atoms with Gasteiger partial charge in [0.15, 0.2) is 0 Å². The summed E-state index contributed by atoms with van der Waals surface area (Å²) in [5.41, 5.74) is 7.68. The third kappa shape index (κ3) is 4.71. The average molecular weight is 359 g/mol. The third-order valence-electron chi connectivity index (χ3n) is 3.24. The van der Waals surface area contributed by atoms with E-state index in [1.165, 1.54) is 11.3 Å². The van der Waals surface area contributed by atoms with Crippen molar-refractivity contribution in [1.29, 1.82) is 0 Å². The molecule has 0 aliphatic carbocycles. The molecule has 1 heterocycles. The van der Waals surface area contributed by atoms with Gasteiger partial charge in [0.25, 0.3) is 5.91 Å². The second-order valence-electron chi connectivity index (χ2n) is 5.18. The minimum Gasteiger partial charge on any atom is -0.351 e. The number of carbonyl (C=O) groups excluding carboxylic acids is 1. The minimum absolute atomic E-state index is 0. The van der Waals surface area contributed by atoms with Crippen LogP contribution in [0, 0.1) is 12.8 Å². The predicted molar refractivity (Wildman–Crippen MR) is 97.3 cm³/mol. The molecule has 120 valence electrons. The maximum atomic E-state index is 12.2. The number of nitrogens with two attached hydrogens (primary N) is 1. The lowest BCUT2D eigenvalue weighted by molar-refractivity contribution is 0.0952. The number of hydrogen-bond donors (Lipinski definition) is 2. The van der Waals surface area contributed by atoms with Crippen molar-refractivity contribution in [2.75, 3.05) is 13.1 Å². The van der Waals surface area contributed by atoms with Gasteiger partial charge in [0.1, 0.15) is 0 Å². The fourth-order valence-corrected chi connectivity index (χ4v) is 3.22. The molecule has 0 spiro atoms. The average Bonchev–Trinajstić information content (AvgIpc) is 2.86. The first-order valence-corrected chi connectivity index (χ1v) is 8.05. The molecule has 6 heteroatoms. The molecular formula is C16H20Cl2N2OS. The Labute approximate surface area is 146 Å². The van der Waals surface area contributed by atoms with Gasteiger partial charge in [-0.15, -0.1) is 23.7 Å². The molecule has 22 heavy (non-hydrogen) atoms. The first-order chi connectivity index (χ1) is 10.0. The Kier molecular flexibility index (Phi) is 7.36. The molecule has 0 aliphatic heterocycles. The first-order valence-electron chi connectivity index (χ1n) is 6.86. The van der Waals surface area contributed by atoms with E-state index in [-0.39, 0.29) is 24.2 Å². The Morgan fingerprint density at radius 3 is 2.77 bits per heavy atom. The van der Waals surface area contributed by atoms with Crippen LogP contribution in [0.15, 0.2) is 30.3 Å². The van der Waals surface area contributed by atoms with E-state index in [0.29, 0.717) is 23.0 Å². The highest BCUT2D eigenvalue weighted by Crippen LogP contribution is 2.33. The summed E-state index contributed by atoms with van der Waals surface area (Å²) in [7, 11) is 0. The number of rotatable bonds is 5. The lowest BCUT2D eigenvalue weighted by atomic mass is 10.1. The molecular weight excluding hydrogens is 339 g/mol. The highest BCUT2D eigenvalue weighted by atomic mass is 35.5. The molecule has 1 atom stereocenters. The summed E-state index contributed by atoms with van der Waals surface area (Å²) in [6, 6.07) is 9.60. The molecule has 3 N–H and O–H groups in total. The van der Waals surface area contributed by atoms with Gasteiger partial charge in [-0.2, -0.15) is 0 Å². The zero-order chi connectivity index (χ0) is 15.4. The van der Waals surface area contributed by atoms with E-state index >= 15 is 0 Å². The Hall–Kier alpha value is -1.07. The number of carbonyl (C=O) groups is 1. The molecule has 2 rings (SSSR count). The molecule has 0 bridgehead atoms. The molecule has 0 saturated carbocycles. The fraction of sp³-hybridized carbons (Fsp3) is 0.312. The van der Waals surface area contributed by atoms with E-state index in [1.54, 1.807) is 0 Å². The van der Waals surface area contributed by atoms with Gasteiger partial charge < -0.3 is 11.1 Å².